The van der Waals surface area contributed by atoms with Gasteiger partial charge in [-0.3, -0.25) is 4.79 Å². The first kappa shape index (κ1) is 16.3. The molecule has 1 atom stereocenters. The van der Waals surface area contributed by atoms with E-state index in [-0.39, 0.29) is 13.0 Å². The fourth-order valence-electron chi connectivity index (χ4n) is 1.62. The molecule has 0 saturated heterocycles. The van der Waals surface area contributed by atoms with Crippen molar-refractivity contribution in [2.75, 3.05) is 18.0 Å². The number of aliphatic carboxylic acids is 1. The first-order valence-electron chi connectivity index (χ1n) is 5.98. The van der Waals surface area contributed by atoms with E-state index in [0.29, 0.717) is 5.69 Å². The zero-order valence-corrected chi connectivity index (χ0v) is 10.9. The lowest BCUT2D eigenvalue weighted by Crippen LogP contribution is -2.41. The highest BCUT2D eigenvalue weighted by molar-refractivity contribution is 5.67. The second-order valence-corrected chi connectivity index (χ2v) is 4.48. The van der Waals surface area contributed by atoms with E-state index in [4.69, 9.17) is 10.2 Å². The van der Waals surface area contributed by atoms with Crippen molar-refractivity contribution in [3.8, 4) is 0 Å². The third kappa shape index (κ3) is 5.08. The van der Waals surface area contributed by atoms with E-state index >= 15 is 0 Å². The molecule has 1 unspecified atom stereocenters. The van der Waals surface area contributed by atoms with Crippen LogP contribution in [0.2, 0.25) is 0 Å². The number of aliphatic hydroxyl groups is 1. The molecule has 0 fully saturated rings. The highest BCUT2D eigenvalue weighted by atomic mass is 19.4. The summed E-state index contributed by atoms with van der Waals surface area (Å²) in [4.78, 5) is 11.8. The molecule has 7 heteroatoms. The van der Waals surface area contributed by atoms with E-state index in [9.17, 15) is 18.0 Å². The van der Waals surface area contributed by atoms with Crippen LogP contribution in [0.25, 0.3) is 0 Å². The number of hydrogen-bond donors (Lipinski definition) is 2. The standard InChI is InChI=1S/C13H16F3NO3/c1-9-2-4-10(5-3-9)17(7-6-12(19)20)8-11(18)13(14,15)16/h2-5,11,18H,6-8H2,1H3,(H,19,20). The lowest BCUT2D eigenvalue weighted by atomic mass is 10.2. The molecule has 0 spiro atoms. The van der Waals surface area contributed by atoms with Crippen LogP contribution < -0.4 is 4.90 Å². The summed E-state index contributed by atoms with van der Waals surface area (Å²) in [5.74, 6) is -1.11. The van der Waals surface area contributed by atoms with Crippen LogP contribution in [0, 0.1) is 6.92 Å². The molecular formula is C13H16F3NO3. The SMILES string of the molecule is Cc1ccc(N(CCC(=O)O)CC(O)C(F)(F)F)cc1. The number of carboxylic acids is 1. The molecule has 4 nitrogen and oxygen atoms in total. The summed E-state index contributed by atoms with van der Waals surface area (Å²) in [5.41, 5.74) is 1.38. The van der Waals surface area contributed by atoms with Crippen molar-refractivity contribution in [1.82, 2.24) is 0 Å². The van der Waals surface area contributed by atoms with Gasteiger partial charge in [-0.15, -0.1) is 0 Å². The lowest BCUT2D eigenvalue weighted by Gasteiger charge is -2.27. The van der Waals surface area contributed by atoms with Gasteiger partial charge in [0.05, 0.1) is 13.0 Å². The molecule has 0 aliphatic heterocycles. The number of aryl methyl sites for hydroxylation is 1. The van der Waals surface area contributed by atoms with Crippen molar-refractivity contribution in [3.63, 3.8) is 0 Å². The predicted octanol–water partition coefficient (Wildman–Crippen LogP) is 2.20. The summed E-state index contributed by atoms with van der Waals surface area (Å²) >= 11 is 0. The number of rotatable bonds is 6. The molecule has 1 aromatic carbocycles. The van der Waals surface area contributed by atoms with E-state index in [1.165, 1.54) is 4.90 Å². The van der Waals surface area contributed by atoms with E-state index in [1.54, 1.807) is 24.3 Å². The average molecular weight is 291 g/mol. The molecular weight excluding hydrogens is 275 g/mol. The number of hydrogen-bond acceptors (Lipinski definition) is 3. The number of anilines is 1. The Hall–Kier alpha value is -1.76. The number of carbonyl (C=O) groups is 1. The zero-order chi connectivity index (χ0) is 15.3. The van der Waals surface area contributed by atoms with Crippen molar-refractivity contribution in [1.29, 1.82) is 0 Å². The topological polar surface area (TPSA) is 60.8 Å². The maximum Gasteiger partial charge on any atom is 0.416 e. The number of aliphatic hydroxyl groups excluding tert-OH is 1. The molecule has 0 aliphatic carbocycles. The summed E-state index contributed by atoms with van der Waals surface area (Å²) in [5, 5.41) is 17.8. The summed E-state index contributed by atoms with van der Waals surface area (Å²) in [6.07, 6.45) is -7.55. The number of benzene rings is 1. The first-order valence-corrected chi connectivity index (χ1v) is 5.98. The molecule has 0 bridgehead atoms. The van der Waals surface area contributed by atoms with Crippen molar-refractivity contribution in [2.45, 2.75) is 25.6 Å². The van der Waals surface area contributed by atoms with Crippen LogP contribution in [0.3, 0.4) is 0 Å². The number of nitrogens with zero attached hydrogens (tertiary/aromatic N) is 1. The smallest absolute Gasteiger partial charge is 0.416 e. The number of carboxylic acid groups (broad SMARTS) is 1. The monoisotopic (exact) mass is 291 g/mol. The minimum atomic E-state index is -4.73. The van der Waals surface area contributed by atoms with Crippen molar-refractivity contribution >= 4 is 11.7 Å². The van der Waals surface area contributed by atoms with Gasteiger partial charge in [0.25, 0.3) is 0 Å². The minimum Gasteiger partial charge on any atom is -0.481 e. The fraction of sp³-hybridized carbons (Fsp3) is 0.462. The molecule has 1 rings (SSSR count). The van der Waals surface area contributed by atoms with Gasteiger partial charge in [0.1, 0.15) is 0 Å². The summed E-state index contributed by atoms with van der Waals surface area (Å²) in [6, 6.07) is 6.62. The molecule has 0 radical (unpaired) electrons. The van der Waals surface area contributed by atoms with Crippen LogP contribution in [-0.2, 0) is 4.79 Å². The van der Waals surface area contributed by atoms with Gasteiger partial charge in [-0.1, -0.05) is 17.7 Å². The Balaban J connectivity index is 2.84. The van der Waals surface area contributed by atoms with E-state index in [1.807, 2.05) is 6.92 Å². The maximum atomic E-state index is 12.4. The third-order valence-electron chi connectivity index (χ3n) is 2.77. The summed E-state index contributed by atoms with van der Waals surface area (Å²) < 4.78 is 37.2. The van der Waals surface area contributed by atoms with Gasteiger partial charge in [-0.25, -0.2) is 0 Å². The van der Waals surface area contributed by atoms with Crippen molar-refractivity contribution < 1.29 is 28.2 Å². The van der Waals surface area contributed by atoms with Crippen LogP contribution in [0.4, 0.5) is 18.9 Å². The predicted molar refractivity (Wildman–Crippen MR) is 67.7 cm³/mol. The van der Waals surface area contributed by atoms with Crippen molar-refractivity contribution in [2.24, 2.45) is 0 Å². The normalized spacial score (nSPS) is 13.1. The van der Waals surface area contributed by atoms with Crippen LogP contribution in [0.5, 0.6) is 0 Å². The zero-order valence-electron chi connectivity index (χ0n) is 10.9. The Morgan fingerprint density at radius 2 is 1.85 bits per heavy atom. The molecule has 0 heterocycles. The lowest BCUT2D eigenvalue weighted by molar-refractivity contribution is -0.200. The Bertz CT molecular complexity index is 445. The molecule has 1 aromatic rings. The van der Waals surface area contributed by atoms with Gasteiger partial charge in [-0.2, -0.15) is 13.2 Å². The summed E-state index contributed by atoms with van der Waals surface area (Å²) in [6.45, 7) is 1.03. The van der Waals surface area contributed by atoms with E-state index in [0.717, 1.165) is 5.56 Å². The minimum absolute atomic E-state index is 0.106. The molecule has 112 valence electrons. The van der Waals surface area contributed by atoms with Gasteiger partial charge in [0.15, 0.2) is 6.10 Å². The Kier molecular flexibility index (Phi) is 5.38. The van der Waals surface area contributed by atoms with Gasteiger partial charge in [0.2, 0.25) is 0 Å². The largest absolute Gasteiger partial charge is 0.481 e. The van der Waals surface area contributed by atoms with Crippen LogP contribution in [-0.4, -0.2) is 41.6 Å². The number of alkyl halides is 3. The van der Waals surface area contributed by atoms with Gasteiger partial charge < -0.3 is 15.1 Å². The fourth-order valence-corrected chi connectivity index (χ4v) is 1.62. The van der Waals surface area contributed by atoms with Gasteiger partial charge in [0, 0.05) is 12.2 Å². The average Bonchev–Trinajstić information content (AvgIpc) is 2.34. The second kappa shape index (κ2) is 6.60. The van der Waals surface area contributed by atoms with Crippen LogP contribution in [0.1, 0.15) is 12.0 Å². The third-order valence-corrected chi connectivity index (χ3v) is 2.77. The Morgan fingerprint density at radius 1 is 1.30 bits per heavy atom. The highest BCUT2D eigenvalue weighted by Gasteiger charge is 2.39. The molecule has 0 saturated carbocycles. The molecule has 20 heavy (non-hydrogen) atoms. The Labute approximate surface area is 114 Å². The molecule has 2 N–H and O–H groups in total. The molecule has 0 aliphatic rings. The number of halogens is 3. The molecule has 0 amide bonds. The van der Waals surface area contributed by atoms with Crippen LogP contribution in [0.15, 0.2) is 24.3 Å². The highest BCUT2D eigenvalue weighted by Crippen LogP contribution is 2.23. The van der Waals surface area contributed by atoms with Crippen molar-refractivity contribution in [3.05, 3.63) is 29.8 Å². The summed E-state index contributed by atoms with van der Waals surface area (Å²) in [7, 11) is 0. The molecule has 0 aromatic heterocycles. The maximum absolute atomic E-state index is 12.4. The van der Waals surface area contributed by atoms with Gasteiger partial charge in [-0.05, 0) is 19.1 Å². The quantitative estimate of drug-likeness (QED) is 0.843. The second-order valence-electron chi connectivity index (χ2n) is 4.48. The Morgan fingerprint density at radius 3 is 2.30 bits per heavy atom. The van der Waals surface area contributed by atoms with Gasteiger partial charge >= 0.3 is 12.1 Å². The first-order chi connectivity index (χ1) is 9.20. The van der Waals surface area contributed by atoms with E-state index in [2.05, 4.69) is 0 Å². The van der Waals surface area contributed by atoms with Crippen LogP contribution >= 0.6 is 0 Å². The van der Waals surface area contributed by atoms with E-state index < -0.39 is 24.8 Å².